The van der Waals surface area contributed by atoms with Crippen molar-refractivity contribution in [3.05, 3.63) is 29.6 Å². The monoisotopic (exact) mass is 176 g/mol. The van der Waals surface area contributed by atoms with E-state index >= 15 is 0 Å². The first-order valence-electron chi connectivity index (χ1n) is 4.48. The van der Waals surface area contributed by atoms with E-state index in [2.05, 4.69) is 4.98 Å². The van der Waals surface area contributed by atoms with Crippen LogP contribution in [-0.4, -0.2) is 11.3 Å². The lowest BCUT2D eigenvalue weighted by atomic mass is 10.0. The predicted octanol–water partition coefficient (Wildman–Crippen LogP) is 1.30. The molecule has 0 amide bonds. The van der Waals surface area contributed by atoms with Crippen molar-refractivity contribution < 1.29 is 4.79 Å². The van der Waals surface area contributed by atoms with E-state index in [1.165, 1.54) is 12.8 Å². The minimum absolute atomic E-state index is 0.00565. The van der Waals surface area contributed by atoms with Crippen molar-refractivity contribution in [2.75, 3.05) is 0 Å². The molecular weight excluding hydrogens is 164 g/mol. The molecule has 0 radical (unpaired) electrons. The fourth-order valence-electron chi connectivity index (χ4n) is 1.52. The molecule has 1 aliphatic carbocycles. The first-order chi connectivity index (χ1) is 6.33. The molecule has 1 saturated carbocycles. The number of rotatable bonds is 3. The number of pyridine rings is 1. The summed E-state index contributed by atoms with van der Waals surface area (Å²) in [5.74, 6) is 0.558. The normalized spacial score (nSPS) is 18.2. The first kappa shape index (κ1) is 8.38. The summed E-state index contributed by atoms with van der Waals surface area (Å²) in [4.78, 5) is 14.6. The van der Waals surface area contributed by atoms with Gasteiger partial charge in [0.2, 0.25) is 0 Å². The van der Waals surface area contributed by atoms with E-state index in [1.54, 1.807) is 6.20 Å². The minimum atomic E-state index is -0.00565. The Labute approximate surface area is 77.0 Å². The van der Waals surface area contributed by atoms with Gasteiger partial charge in [-0.1, -0.05) is 6.07 Å². The Morgan fingerprint density at radius 3 is 3.00 bits per heavy atom. The highest BCUT2D eigenvalue weighted by Crippen LogP contribution is 2.39. The van der Waals surface area contributed by atoms with Crippen LogP contribution in [0.5, 0.6) is 0 Å². The fourth-order valence-corrected chi connectivity index (χ4v) is 1.52. The summed E-state index contributed by atoms with van der Waals surface area (Å²) < 4.78 is 0. The molecule has 2 N–H and O–H groups in total. The Balaban J connectivity index is 2.31. The topological polar surface area (TPSA) is 56.0 Å². The van der Waals surface area contributed by atoms with E-state index in [-0.39, 0.29) is 6.04 Å². The van der Waals surface area contributed by atoms with Crippen molar-refractivity contribution in [3.8, 4) is 0 Å². The number of carbonyl (C=O) groups excluding carboxylic acids is 1. The first-order valence-corrected chi connectivity index (χ1v) is 4.48. The van der Waals surface area contributed by atoms with Gasteiger partial charge in [0.25, 0.3) is 0 Å². The Kier molecular flexibility index (Phi) is 2.10. The average molecular weight is 176 g/mol. The molecule has 68 valence electrons. The molecule has 1 aliphatic rings. The molecule has 1 aromatic heterocycles. The van der Waals surface area contributed by atoms with Crippen molar-refractivity contribution in [2.24, 2.45) is 11.7 Å². The molecule has 1 fully saturated rings. The highest BCUT2D eigenvalue weighted by atomic mass is 16.1. The lowest BCUT2D eigenvalue weighted by molar-refractivity contribution is 0.111. The van der Waals surface area contributed by atoms with E-state index in [4.69, 9.17) is 5.73 Å². The fraction of sp³-hybridized carbons (Fsp3) is 0.400. The van der Waals surface area contributed by atoms with Crippen LogP contribution in [0.15, 0.2) is 18.3 Å². The molecule has 13 heavy (non-hydrogen) atoms. The Bertz CT molecular complexity index is 320. The van der Waals surface area contributed by atoms with Crippen molar-refractivity contribution in [3.63, 3.8) is 0 Å². The van der Waals surface area contributed by atoms with Gasteiger partial charge >= 0.3 is 0 Å². The second-order valence-electron chi connectivity index (χ2n) is 3.46. The van der Waals surface area contributed by atoms with Gasteiger partial charge in [0, 0.05) is 12.2 Å². The summed E-state index contributed by atoms with van der Waals surface area (Å²) >= 11 is 0. The van der Waals surface area contributed by atoms with E-state index in [1.807, 2.05) is 12.1 Å². The zero-order chi connectivity index (χ0) is 9.26. The zero-order valence-electron chi connectivity index (χ0n) is 7.31. The molecule has 0 aromatic carbocycles. The van der Waals surface area contributed by atoms with Gasteiger partial charge in [-0.2, -0.15) is 0 Å². The van der Waals surface area contributed by atoms with Gasteiger partial charge in [0.05, 0.1) is 0 Å². The maximum absolute atomic E-state index is 10.7. The van der Waals surface area contributed by atoms with Crippen molar-refractivity contribution in [1.29, 1.82) is 0 Å². The molecule has 1 atom stereocenters. The lowest BCUT2D eigenvalue weighted by Crippen LogP contribution is -2.15. The number of aromatic nitrogens is 1. The maximum atomic E-state index is 10.7. The van der Waals surface area contributed by atoms with Crippen LogP contribution >= 0.6 is 0 Å². The standard InChI is InChI=1S/C10H12N2O/c11-10(7-3-4-7)8-2-1-5-12-9(8)6-13/h1-2,5-7,10H,3-4,11H2/t10-/m0/s1. The Hall–Kier alpha value is -1.22. The summed E-state index contributed by atoms with van der Waals surface area (Å²) in [6, 6.07) is 3.71. The van der Waals surface area contributed by atoms with E-state index < -0.39 is 0 Å². The zero-order valence-corrected chi connectivity index (χ0v) is 7.31. The van der Waals surface area contributed by atoms with E-state index in [0.717, 1.165) is 11.8 Å². The predicted molar refractivity (Wildman–Crippen MR) is 49.3 cm³/mol. The highest BCUT2D eigenvalue weighted by Gasteiger charge is 2.30. The van der Waals surface area contributed by atoms with Gasteiger partial charge in [-0.15, -0.1) is 0 Å². The van der Waals surface area contributed by atoms with Crippen LogP contribution in [0.4, 0.5) is 0 Å². The van der Waals surface area contributed by atoms with Crippen LogP contribution in [0.2, 0.25) is 0 Å². The highest BCUT2D eigenvalue weighted by molar-refractivity contribution is 5.74. The van der Waals surface area contributed by atoms with Crippen LogP contribution in [0.1, 0.15) is 34.9 Å². The van der Waals surface area contributed by atoms with Crippen LogP contribution in [-0.2, 0) is 0 Å². The molecule has 0 aliphatic heterocycles. The molecule has 1 heterocycles. The Morgan fingerprint density at radius 1 is 1.62 bits per heavy atom. The second kappa shape index (κ2) is 3.26. The minimum Gasteiger partial charge on any atom is -0.324 e. The van der Waals surface area contributed by atoms with Gasteiger partial charge < -0.3 is 5.73 Å². The quantitative estimate of drug-likeness (QED) is 0.706. The number of nitrogens with zero attached hydrogens (tertiary/aromatic N) is 1. The summed E-state index contributed by atoms with van der Waals surface area (Å²) in [5, 5.41) is 0. The Morgan fingerprint density at radius 2 is 2.38 bits per heavy atom. The molecule has 2 rings (SSSR count). The summed E-state index contributed by atoms with van der Waals surface area (Å²) in [5.41, 5.74) is 7.35. The van der Waals surface area contributed by atoms with Gasteiger partial charge in [-0.05, 0) is 30.4 Å². The van der Waals surface area contributed by atoms with Crippen molar-refractivity contribution in [1.82, 2.24) is 4.98 Å². The number of nitrogens with two attached hydrogens (primary N) is 1. The molecular formula is C10H12N2O. The largest absolute Gasteiger partial charge is 0.324 e. The number of hydrogen-bond acceptors (Lipinski definition) is 3. The molecule has 3 heteroatoms. The van der Waals surface area contributed by atoms with Crippen molar-refractivity contribution in [2.45, 2.75) is 18.9 Å². The third-order valence-corrected chi connectivity index (χ3v) is 2.47. The lowest BCUT2D eigenvalue weighted by Gasteiger charge is -2.11. The summed E-state index contributed by atoms with van der Waals surface area (Å²) in [7, 11) is 0. The maximum Gasteiger partial charge on any atom is 0.168 e. The van der Waals surface area contributed by atoms with Gasteiger partial charge in [-0.3, -0.25) is 9.78 Å². The van der Waals surface area contributed by atoms with Crippen molar-refractivity contribution >= 4 is 6.29 Å². The average Bonchev–Trinajstić information content (AvgIpc) is 3.00. The molecule has 1 aromatic rings. The third-order valence-electron chi connectivity index (χ3n) is 2.47. The number of carbonyl (C=O) groups is 1. The molecule has 0 bridgehead atoms. The van der Waals surface area contributed by atoms with Gasteiger partial charge in [0.15, 0.2) is 6.29 Å². The van der Waals surface area contributed by atoms with E-state index in [0.29, 0.717) is 11.6 Å². The summed E-state index contributed by atoms with van der Waals surface area (Å²) in [6.07, 6.45) is 4.74. The third kappa shape index (κ3) is 1.60. The smallest absolute Gasteiger partial charge is 0.168 e. The number of aldehydes is 1. The molecule has 0 spiro atoms. The van der Waals surface area contributed by atoms with E-state index in [9.17, 15) is 4.79 Å². The van der Waals surface area contributed by atoms with Gasteiger partial charge in [-0.25, -0.2) is 0 Å². The molecule has 0 saturated heterocycles. The second-order valence-corrected chi connectivity index (χ2v) is 3.46. The SMILES string of the molecule is N[C@H](c1cccnc1C=O)C1CC1. The molecule has 3 nitrogen and oxygen atoms in total. The van der Waals surface area contributed by atoms with Crippen LogP contribution in [0.25, 0.3) is 0 Å². The van der Waals surface area contributed by atoms with Crippen LogP contribution in [0.3, 0.4) is 0 Å². The number of hydrogen-bond donors (Lipinski definition) is 1. The van der Waals surface area contributed by atoms with Crippen LogP contribution in [0, 0.1) is 5.92 Å². The molecule has 0 unspecified atom stereocenters. The van der Waals surface area contributed by atoms with Crippen LogP contribution < -0.4 is 5.73 Å². The van der Waals surface area contributed by atoms with Gasteiger partial charge in [0.1, 0.15) is 5.69 Å². The summed E-state index contributed by atoms with van der Waals surface area (Å²) in [6.45, 7) is 0.